The summed E-state index contributed by atoms with van der Waals surface area (Å²) < 4.78 is 1.84. The Kier molecular flexibility index (Phi) is 5.27. The molecule has 2 aromatic rings. The summed E-state index contributed by atoms with van der Waals surface area (Å²) in [6, 6.07) is 7.27. The lowest BCUT2D eigenvalue weighted by Gasteiger charge is -2.18. The van der Waals surface area contributed by atoms with E-state index in [4.69, 9.17) is 11.6 Å². The van der Waals surface area contributed by atoms with Gasteiger partial charge in [0.05, 0.1) is 11.8 Å². The molecule has 1 atom stereocenters. The van der Waals surface area contributed by atoms with Crippen molar-refractivity contribution in [3.8, 4) is 0 Å². The van der Waals surface area contributed by atoms with Crippen LogP contribution >= 0.6 is 11.6 Å². The zero-order valence-corrected chi connectivity index (χ0v) is 14.4. The van der Waals surface area contributed by atoms with E-state index in [0.717, 1.165) is 11.3 Å². The number of hydrogen-bond donors (Lipinski definition) is 2. The lowest BCUT2D eigenvalue weighted by molar-refractivity contribution is 0.174. The molecular weight excluding hydrogens is 298 g/mol. The molecule has 0 aliphatic rings. The van der Waals surface area contributed by atoms with E-state index in [1.54, 1.807) is 12.1 Å². The van der Waals surface area contributed by atoms with Gasteiger partial charge in [-0.25, -0.2) is 0 Å². The van der Waals surface area contributed by atoms with Crippen LogP contribution in [-0.2, 0) is 19.0 Å². The first kappa shape index (κ1) is 17.0. The van der Waals surface area contributed by atoms with Gasteiger partial charge in [-0.2, -0.15) is 5.10 Å². The molecule has 1 heterocycles. The van der Waals surface area contributed by atoms with Crippen molar-refractivity contribution >= 4 is 11.6 Å². The van der Waals surface area contributed by atoms with E-state index in [1.807, 2.05) is 30.1 Å². The summed E-state index contributed by atoms with van der Waals surface area (Å²) in [5, 5.41) is 18.7. The van der Waals surface area contributed by atoms with Crippen molar-refractivity contribution in [2.75, 3.05) is 6.54 Å². The van der Waals surface area contributed by atoms with Gasteiger partial charge in [-0.3, -0.25) is 4.68 Å². The van der Waals surface area contributed by atoms with Crippen LogP contribution < -0.4 is 5.32 Å². The highest BCUT2D eigenvalue weighted by molar-refractivity contribution is 6.30. The molecule has 2 rings (SSSR count). The van der Waals surface area contributed by atoms with Crippen LogP contribution in [-0.4, -0.2) is 21.4 Å². The molecule has 120 valence electrons. The molecule has 2 N–H and O–H groups in total. The van der Waals surface area contributed by atoms with Crippen molar-refractivity contribution in [3.05, 3.63) is 52.3 Å². The average molecular weight is 322 g/mol. The molecular formula is C17H24ClN3O. The molecule has 4 nitrogen and oxygen atoms in total. The molecule has 0 aliphatic carbocycles. The third-order valence-corrected chi connectivity index (χ3v) is 3.77. The van der Waals surface area contributed by atoms with Gasteiger partial charge in [-0.1, -0.05) is 44.5 Å². The van der Waals surface area contributed by atoms with Crippen LogP contribution in [0.4, 0.5) is 0 Å². The summed E-state index contributed by atoms with van der Waals surface area (Å²) in [7, 11) is 1.93. The zero-order valence-electron chi connectivity index (χ0n) is 13.6. The van der Waals surface area contributed by atoms with Crippen LogP contribution in [0.25, 0.3) is 0 Å². The van der Waals surface area contributed by atoms with E-state index in [-0.39, 0.29) is 5.41 Å². The Hall–Kier alpha value is -1.36. The Morgan fingerprint density at radius 2 is 1.91 bits per heavy atom. The molecule has 0 saturated heterocycles. The first-order valence-corrected chi connectivity index (χ1v) is 7.82. The molecule has 1 aromatic heterocycles. The zero-order chi connectivity index (χ0) is 16.3. The predicted molar refractivity (Wildman–Crippen MR) is 90.0 cm³/mol. The standard InChI is InChI=1S/C17H24ClN3O/c1-17(2,3)16-13(11-21(4)20-16)9-19-10-15(22)12-5-7-14(18)8-6-12/h5-8,11,15,19,22H,9-10H2,1-4H3. The fourth-order valence-electron chi connectivity index (χ4n) is 2.44. The van der Waals surface area contributed by atoms with Crippen LogP contribution in [0.15, 0.2) is 30.5 Å². The minimum absolute atomic E-state index is 0.00701. The Labute approximate surface area is 137 Å². The number of benzene rings is 1. The van der Waals surface area contributed by atoms with E-state index >= 15 is 0 Å². The molecule has 22 heavy (non-hydrogen) atoms. The summed E-state index contributed by atoms with van der Waals surface area (Å²) in [4.78, 5) is 0. The number of nitrogens with one attached hydrogen (secondary N) is 1. The van der Waals surface area contributed by atoms with Gasteiger partial charge in [0.1, 0.15) is 0 Å². The number of aryl methyl sites for hydroxylation is 1. The van der Waals surface area contributed by atoms with Crippen molar-refractivity contribution in [2.45, 2.75) is 38.8 Å². The van der Waals surface area contributed by atoms with Crippen molar-refractivity contribution in [1.82, 2.24) is 15.1 Å². The van der Waals surface area contributed by atoms with Gasteiger partial charge in [0, 0.05) is 42.3 Å². The number of aliphatic hydroxyl groups is 1. The number of halogens is 1. The van der Waals surface area contributed by atoms with E-state index in [2.05, 4.69) is 31.2 Å². The number of rotatable bonds is 5. The lowest BCUT2D eigenvalue weighted by Crippen LogP contribution is -2.23. The van der Waals surface area contributed by atoms with Gasteiger partial charge in [-0.15, -0.1) is 0 Å². The highest BCUT2D eigenvalue weighted by Gasteiger charge is 2.21. The van der Waals surface area contributed by atoms with Gasteiger partial charge in [0.2, 0.25) is 0 Å². The predicted octanol–water partition coefficient (Wildman–Crippen LogP) is 3.19. The SMILES string of the molecule is Cn1cc(CNCC(O)c2ccc(Cl)cc2)c(C(C)(C)C)n1. The van der Waals surface area contributed by atoms with Crippen molar-refractivity contribution in [1.29, 1.82) is 0 Å². The first-order valence-electron chi connectivity index (χ1n) is 7.44. The fraction of sp³-hybridized carbons (Fsp3) is 0.471. The Morgan fingerprint density at radius 3 is 2.50 bits per heavy atom. The molecule has 0 bridgehead atoms. The molecule has 1 aromatic carbocycles. The number of hydrogen-bond acceptors (Lipinski definition) is 3. The minimum atomic E-state index is -0.549. The van der Waals surface area contributed by atoms with Crippen LogP contribution in [0, 0.1) is 0 Å². The van der Waals surface area contributed by atoms with Gasteiger partial charge in [0.25, 0.3) is 0 Å². The maximum absolute atomic E-state index is 10.2. The van der Waals surface area contributed by atoms with Gasteiger partial charge in [0.15, 0.2) is 0 Å². The quantitative estimate of drug-likeness (QED) is 0.889. The topological polar surface area (TPSA) is 50.1 Å². The van der Waals surface area contributed by atoms with Crippen LogP contribution in [0.2, 0.25) is 5.02 Å². The van der Waals surface area contributed by atoms with Crippen molar-refractivity contribution in [3.63, 3.8) is 0 Å². The van der Waals surface area contributed by atoms with Crippen LogP contribution in [0.1, 0.15) is 43.7 Å². The van der Waals surface area contributed by atoms with Crippen LogP contribution in [0.3, 0.4) is 0 Å². The molecule has 0 spiro atoms. The molecule has 0 aliphatic heterocycles. The minimum Gasteiger partial charge on any atom is -0.387 e. The highest BCUT2D eigenvalue weighted by Crippen LogP contribution is 2.24. The molecule has 0 fully saturated rings. The monoisotopic (exact) mass is 321 g/mol. The lowest BCUT2D eigenvalue weighted by atomic mass is 9.89. The van der Waals surface area contributed by atoms with Crippen LogP contribution in [0.5, 0.6) is 0 Å². The Balaban J connectivity index is 1.95. The summed E-state index contributed by atoms with van der Waals surface area (Å²) in [5.74, 6) is 0. The van der Waals surface area contributed by atoms with Crippen molar-refractivity contribution in [2.24, 2.45) is 7.05 Å². The van der Waals surface area contributed by atoms with Gasteiger partial charge < -0.3 is 10.4 Å². The number of nitrogens with zero attached hydrogens (tertiary/aromatic N) is 2. The Bertz CT molecular complexity index is 614. The second-order valence-corrected chi connectivity index (χ2v) is 7.06. The number of aliphatic hydroxyl groups excluding tert-OH is 1. The first-order chi connectivity index (χ1) is 10.3. The summed E-state index contributed by atoms with van der Waals surface area (Å²) in [5.41, 5.74) is 3.12. The number of aromatic nitrogens is 2. The summed E-state index contributed by atoms with van der Waals surface area (Å²) >= 11 is 5.86. The summed E-state index contributed by atoms with van der Waals surface area (Å²) in [6.45, 7) is 7.63. The highest BCUT2D eigenvalue weighted by atomic mass is 35.5. The largest absolute Gasteiger partial charge is 0.387 e. The van der Waals surface area contributed by atoms with E-state index in [1.165, 1.54) is 5.56 Å². The fourth-order valence-corrected chi connectivity index (χ4v) is 2.57. The van der Waals surface area contributed by atoms with Gasteiger partial charge >= 0.3 is 0 Å². The third-order valence-electron chi connectivity index (χ3n) is 3.52. The normalized spacial score (nSPS) is 13.4. The Morgan fingerprint density at radius 1 is 1.27 bits per heavy atom. The van der Waals surface area contributed by atoms with Crippen molar-refractivity contribution < 1.29 is 5.11 Å². The maximum Gasteiger partial charge on any atom is 0.0914 e. The van der Waals surface area contributed by atoms with E-state index < -0.39 is 6.10 Å². The van der Waals surface area contributed by atoms with E-state index in [0.29, 0.717) is 18.1 Å². The third kappa shape index (κ3) is 4.32. The molecule has 0 amide bonds. The maximum atomic E-state index is 10.2. The average Bonchev–Trinajstić information content (AvgIpc) is 2.80. The molecule has 0 radical (unpaired) electrons. The summed E-state index contributed by atoms with van der Waals surface area (Å²) in [6.07, 6.45) is 1.48. The smallest absolute Gasteiger partial charge is 0.0914 e. The molecule has 0 saturated carbocycles. The molecule has 1 unspecified atom stereocenters. The second kappa shape index (κ2) is 6.82. The molecule has 5 heteroatoms. The van der Waals surface area contributed by atoms with Gasteiger partial charge in [-0.05, 0) is 17.7 Å². The van der Waals surface area contributed by atoms with E-state index in [9.17, 15) is 5.11 Å². The second-order valence-electron chi connectivity index (χ2n) is 6.62.